The molecule has 2 unspecified atom stereocenters. The van der Waals surface area contributed by atoms with Crippen molar-refractivity contribution in [2.75, 3.05) is 0 Å². The highest BCUT2D eigenvalue weighted by Crippen LogP contribution is 2.18. The minimum absolute atomic E-state index is 0.641. The van der Waals surface area contributed by atoms with Gasteiger partial charge in [0.05, 0.1) is 5.92 Å². The van der Waals surface area contributed by atoms with E-state index in [1.54, 1.807) is 0 Å². The third-order valence-electron chi connectivity index (χ3n) is 1.65. The topological polar surface area (TPSA) is 74.6 Å². The van der Waals surface area contributed by atoms with Crippen molar-refractivity contribution < 1.29 is 19.8 Å². The fraction of sp³-hybridized carbons (Fsp3) is 0.667. The van der Waals surface area contributed by atoms with E-state index in [9.17, 15) is 9.59 Å². The van der Waals surface area contributed by atoms with E-state index in [2.05, 4.69) is 12.6 Å². The van der Waals surface area contributed by atoms with Crippen LogP contribution in [0.1, 0.15) is 13.8 Å². The Morgan fingerprint density at radius 3 is 2.00 bits per heavy atom. The molecule has 0 fully saturated rings. The monoisotopic (exact) mass is 178 g/mol. The number of rotatable bonds is 3. The average Bonchev–Trinajstić information content (AvgIpc) is 1.85. The van der Waals surface area contributed by atoms with Gasteiger partial charge in [0.2, 0.25) is 0 Å². The van der Waals surface area contributed by atoms with E-state index >= 15 is 0 Å². The molecule has 0 aromatic carbocycles. The van der Waals surface area contributed by atoms with Crippen LogP contribution in [0.2, 0.25) is 0 Å². The van der Waals surface area contributed by atoms with Gasteiger partial charge in [-0.15, -0.1) is 12.6 Å². The molecule has 0 bridgehead atoms. The highest BCUT2D eigenvalue weighted by atomic mass is 32.1. The molecule has 0 saturated heterocycles. The van der Waals surface area contributed by atoms with E-state index in [1.165, 1.54) is 6.92 Å². The van der Waals surface area contributed by atoms with Crippen molar-refractivity contribution in [1.29, 1.82) is 0 Å². The summed E-state index contributed by atoms with van der Waals surface area (Å²) in [7, 11) is 0. The van der Waals surface area contributed by atoms with Gasteiger partial charge in [-0.2, -0.15) is 0 Å². The van der Waals surface area contributed by atoms with Crippen molar-refractivity contribution in [3.05, 3.63) is 0 Å². The number of carboxylic acids is 1. The number of hydrogen-bond donors (Lipinski definition) is 3. The highest BCUT2D eigenvalue weighted by Gasteiger charge is 2.39. The lowest BCUT2D eigenvalue weighted by Gasteiger charge is -2.22. The minimum Gasteiger partial charge on any atom is -0.479 e. The number of carbonyl (C=O) groups is 2. The van der Waals surface area contributed by atoms with Crippen LogP contribution in [0.3, 0.4) is 0 Å². The largest absolute Gasteiger partial charge is 0.479 e. The van der Waals surface area contributed by atoms with Crippen LogP contribution in [0, 0.1) is 5.92 Å². The molecule has 0 amide bonds. The van der Waals surface area contributed by atoms with E-state index in [0.717, 1.165) is 6.92 Å². The summed E-state index contributed by atoms with van der Waals surface area (Å²) in [5, 5.41) is 16.9. The molecule has 0 radical (unpaired) electrons. The van der Waals surface area contributed by atoms with Gasteiger partial charge >= 0.3 is 5.97 Å². The van der Waals surface area contributed by atoms with Crippen molar-refractivity contribution in [1.82, 2.24) is 0 Å². The Hall–Kier alpha value is -0.550. The first-order valence-corrected chi connectivity index (χ1v) is 3.43. The van der Waals surface area contributed by atoms with Gasteiger partial charge in [-0.25, -0.2) is 4.79 Å². The molecule has 0 aromatic rings. The maximum absolute atomic E-state index is 10.5. The van der Waals surface area contributed by atoms with Gasteiger partial charge in [0.25, 0.3) is 0 Å². The molecular formula is C6H10O4S. The average molecular weight is 178 g/mol. The van der Waals surface area contributed by atoms with E-state index in [1.807, 2.05) is 0 Å². The van der Waals surface area contributed by atoms with Crippen LogP contribution in [-0.2, 0) is 9.59 Å². The predicted molar refractivity (Wildman–Crippen MR) is 41.4 cm³/mol. The van der Waals surface area contributed by atoms with Gasteiger partial charge in [-0.3, -0.25) is 4.79 Å². The number of thiol groups is 1. The SMILES string of the molecule is CC(C(=O)S)C(C)(O)C(=O)O. The molecule has 0 heterocycles. The molecule has 0 rings (SSSR count). The van der Waals surface area contributed by atoms with Crippen molar-refractivity contribution in [2.45, 2.75) is 19.4 Å². The van der Waals surface area contributed by atoms with Crippen molar-refractivity contribution in [3.8, 4) is 0 Å². The fourth-order valence-corrected chi connectivity index (χ4v) is 0.677. The molecule has 5 heteroatoms. The van der Waals surface area contributed by atoms with E-state index in [4.69, 9.17) is 10.2 Å². The number of aliphatic hydroxyl groups is 1. The molecule has 0 aliphatic carbocycles. The molecule has 0 aliphatic heterocycles. The highest BCUT2D eigenvalue weighted by molar-refractivity contribution is 7.96. The van der Waals surface area contributed by atoms with Crippen molar-refractivity contribution >= 4 is 23.7 Å². The maximum atomic E-state index is 10.5. The lowest BCUT2D eigenvalue weighted by atomic mass is 9.92. The molecule has 64 valence electrons. The molecule has 0 aliphatic rings. The Balaban J connectivity index is 4.55. The molecule has 2 atom stereocenters. The summed E-state index contributed by atoms with van der Waals surface area (Å²) >= 11 is 3.42. The van der Waals surface area contributed by atoms with Gasteiger partial charge in [-0.05, 0) is 6.92 Å². The number of carbonyl (C=O) groups excluding carboxylic acids is 1. The third-order valence-corrected chi connectivity index (χ3v) is 2.03. The van der Waals surface area contributed by atoms with E-state index in [-0.39, 0.29) is 0 Å². The minimum atomic E-state index is -2.03. The maximum Gasteiger partial charge on any atom is 0.336 e. The normalized spacial score (nSPS) is 18.5. The first-order valence-electron chi connectivity index (χ1n) is 2.98. The van der Waals surface area contributed by atoms with Gasteiger partial charge in [0.1, 0.15) is 0 Å². The molecule has 4 nitrogen and oxygen atoms in total. The zero-order chi connectivity index (χ0) is 9.23. The summed E-state index contributed by atoms with van der Waals surface area (Å²) in [4.78, 5) is 20.9. The number of aliphatic carboxylic acids is 1. The molecule has 2 N–H and O–H groups in total. The molecule has 0 aromatic heterocycles. The van der Waals surface area contributed by atoms with Crippen LogP contribution in [0.15, 0.2) is 0 Å². The zero-order valence-electron chi connectivity index (χ0n) is 6.24. The van der Waals surface area contributed by atoms with Crippen molar-refractivity contribution in [2.24, 2.45) is 5.92 Å². The lowest BCUT2D eigenvalue weighted by Crippen LogP contribution is -2.44. The van der Waals surface area contributed by atoms with E-state index in [0.29, 0.717) is 0 Å². The second-order valence-corrected chi connectivity index (χ2v) is 2.95. The molecule has 11 heavy (non-hydrogen) atoms. The Kier molecular flexibility index (Phi) is 3.07. The van der Waals surface area contributed by atoms with Gasteiger partial charge in [0, 0.05) is 0 Å². The van der Waals surface area contributed by atoms with Crippen molar-refractivity contribution in [3.63, 3.8) is 0 Å². The molecule has 0 saturated carbocycles. The zero-order valence-corrected chi connectivity index (χ0v) is 7.13. The van der Waals surface area contributed by atoms with Crippen LogP contribution in [0.25, 0.3) is 0 Å². The Labute approximate surface area is 69.6 Å². The van der Waals surface area contributed by atoms with Gasteiger partial charge in [0.15, 0.2) is 10.7 Å². The summed E-state index contributed by atoms with van der Waals surface area (Å²) in [6.45, 7) is 2.37. The second kappa shape index (κ2) is 3.23. The van der Waals surface area contributed by atoms with Gasteiger partial charge < -0.3 is 10.2 Å². The molecular weight excluding hydrogens is 168 g/mol. The second-order valence-electron chi connectivity index (χ2n) is 2.51. The first kappa shape index (κ1) is 10.4. The third kappa shape index (κ3) is 2.20. The summed E-state index contributed by atoms with van der Waals surface area (Å²) in [6, 6.07) is 0. The summed E-state index contributed by atoms with van der Waals surface area (Å²) < 4.78 is 0. The fourth-order valence-electron chi connectivity index (χ4n) is 0.426. The van der Waals surface area contributed by atoms with Crippen LogP contribution in [0.5, 0.6) is 0 Å². The van der Waals surface area contributed by atoms with Gasteiger partial charge in [-0.1, -0.05) is 6.92 Å². The Bertz CT molecular complexity index is 187. The molecule has 0 spiro atoms. The Morgan fingerprint density at radius 2 is 1.91 bits per heavy atom. The standard InChI is InChI=1S/C6H10O4S/c1-3(4(7)11)6(2,10)5(8)9/h3,10H,1-2H3,(H,7,11)(H,8,9). The van der Waals surface area contributed by atoms with Crippen LogP contribution < -0.4 is 0 Å². The van der Waals surface area contributed by atoms with Crippen LogP contribution in [-0.4, -0.2) is 26.9 Å². The number of hydrogen-bond acceptors (Lipinski definition) is 3. The smallest absolute Gasteiger partial charge is 0.336 e. The summed E-state index contributed by atoms with van der Waals surface area (Å²) in [5.41, 5.74) is -2.03. The summed E-state index contributed by atoms with van der Waals surface area (Å²) in [5.74, 6) is -2.43. The quantitative estimate of drug-likeness (QED) is 0.528. The summed E-state index contributed by atoms with van der Waals surface area (Å²) in [6.07, 6.45) is 0. The van der Waals surface area contributed by atoms with Crippen LogP contribution >= 0.6 is 12.6 Å². The van der Waals surface area contributed by atoms with E-state index < -0.39 is 22.6 Å². The predicted octanol–water partition coefficient (Wildman–Crippen LogP) is -0.0855. The Morgan fingerprint density at radius 1 is 1.55 bits per heavy atom. The lowest BCUT2D eigenvalue weighted by molar-refractivity contribution is -0.163. The number of carboxylic acid groups (broad SMARTS) is 1. The van der Waals surface area contributed by atoms with Crippen LogP contribution in [0.4, 0.5) is 0 Å². The first-order chi connectivity index (χ1) is 4.80.